The van der Waals surface area contributed by atoms with Gasteiger partial charge in [0.25, 0.3) is 5.91 Å². The molecule has 2 aromatic carbocycles. The number of aromatic nitrogens is 2. The summed E-state index contributed by atoms with van der Waals surface area (Å²) < 4.78 is 39.3. The lowest BCUT2D eigenvalue weighted by molar-refractivity contribution is -0.137. The first-order valence-electron chi connectivity index (χ1n) is 12.7. The van der Waals surface area contributed by atoms with Crippen molar-refractivity contribution in [2.75, 3.05) is 36.0 Å². The Labute approximate surface area is 236 Å². The first kappa shape index (κ1) is 29.0. The van der Waals surface area contributed by atoms with Crippen LogP contribution in [0.5, 0.6) is 0 Å². The van der Waals surface area contributed by atoms with E-state index in [0.29, 0.717) is 65.2 Å². The fourth-order valence-electron chi connectivity index (χ4n) is 4.04. The number of piperazine rings is 1. The number of thioether (sulfide) groups is 1. The van der Waals surface area contributed by atoms with Crippen LogP contribution in [0, 0.1) is 5.92 Å². The number of carbonyl (C=O) groups is 1. The largest absolute Gasteiger partial charge is 0.416 e. The minimum atomic E-state index is -4.37. The Morgan fingerprint density at radius 2 is 1.67 bits per heavy atom. The molecule has 1 aromatic heterocycles. The van der Waals surface area contributed by atoms with Crippen LogP contribution in [-0.4, -0.2) is 48.1 Å². The fraction of sp³-hybridized carbons (Fsp3) is 0.393. The number of amides is 1. The molecule has 11 heteroatoms. The SMILES string of the molecule is CC(C)C(C)NC(=O)c1ccc(CSc2nc(Cl)cc(N3CCN(c4cccc(C(F)(F)F)c4)CC3)n2)cc1. The molecular weight excluding hydrogens is 547 g/mol. The molecule has 3 aromatic rings. The Morgan fingerprint density at radius 3 is 2.31 bits per heavy atom. The molecular formula is C28H31ClF3N5OS. The summed E-state index contributed by atoms with van der Waals surface area (Å²) in [5.41, 5.74) is 1.54. The smallest absolute Gasteiger partial charge is 0.368 e. The summed E-state index contributed by atoms with van der Waals surface area (Å²) in [6.07, 6.45) is -4.37. The minimum Gasteiger partial charge on any atom is -0.368 e. The monoisotopic (exact) mass is 577 g/mol. The lowest BCUT2D eigenvalue weighted by Crippen LogP contribution is -2.47. The summed E-state index contributed by atoms with van der Waals surface area (Å²) in [5, 5.41) is 3.87. The molecule has 1 fully saturated rings. The van der Waals surface area contributed by atoms with Crippen LogP contribution in [0.3, 0.4) is 0 Å². The second-order valence-electron chi connectivity index (χ2n) is 9.85. The Hall–Kier alpha value is -2.98. The van der Waals surface area contributed by atoms with Crippen LogP contribution < -0.4 is 15.1 Å². The number of nitrogens with one attached hydrogen (secondary N) is 1. The van der Waals surface area contributed by atoms with E-state index < -0.39 is 11.7 Å². The second kappa shape index (κ2) is 12.5. The van der Waals surface area contributed by atoms with Crippen molar-refractivity contribution < 1.29 is 18.0 Å². The molecule has 0 radical (unpaired) electrons. The maximum Gasteiger partial charge on any atom is 0.416 e. The van der Waals surface area contributed by atoms with Gasteiger partial charge in [0, 0.05) is 55.3 Å². The lowest BCUT2D eigenvalue weighted by Gasteiger charge is -2.37. The van der Waals surface area contributed by atoms with Gasteiger partial charge in [-0.3, -0.25) is 4.79 Å². The van der Waals surface area contributed by atoms with E-state index in [2.05, 4.69) is 34.0 Å². The molecule has 1 saturated heterocycles. The molecule has 0 spiro atoms. The maximum atomic E-state index is 13.1. The number of nitrogens with zero attached hydrogens (tertiary/aromatic N) is 4. The molecule has 0 saturated carbocycles. The van der Waals surface area contributed by atoms with Gasteiger partial charge in [0.2, 0.25) is 0 Å². The summed E-state index contributed by atoms with van der Waals surface area (Å²) in [4.78, 5) is 25.4. The van der Waals surface area contributed by atoms with Gasteiger partial charge in [0.15, 0.2) is 5.16 Å². The molecule has 1 unspecified atom stereocenters. The van der Waals surface area contributed by atoms with Crippen LogP contribution in [0.2, 0.25) is 5.15 Å². The van der Waals surface area contributed by atoms with Crippen LogP contribution in [-0.2, 0) is 11.9 Å². The van der Waals surface area contributed by atoms with E-state index in [4.69, 9.17) is 11.6 Å². The third kappa shape index (κ3) is 7.79. The Bertz CT molecular complexity index is 1280. The van der Waals surface area contributed by atoms with Gasteiger partial charge < -0.3 is 15.1 Å². The third-order valence-electron chi connectivity index (χ3n) is 6.75. The first-order valence-corrected chi connectivity index (χ1v) is 14.1. The quantitative estimate of drug-likeness (QED) is 0.186. The molecule has 0 aliphatic carbocycles. The standard InChI is InChI=1S/C28H31ClF3N5OS/c1-18(2)19(3)33-26(38)21-9-7-20(8-10-21)17-39-27-34-24(29)16-25(35-27)37-13-11-36(12-14-37)23-6-4-5-22(15-23)28(30,31)32/h4-10,15-16,18-19H,11-14,17H2,1-3H3,(H,33,38). The fourth-order valence-corrected chi connectivity index (χ4v) is 5.08. The van der Waals surface area contributed by atoms with Crippen LogP contribution in [0.4, 0.5) is 24.7 Å². The van der Waals surface area contributed by atoms with Crippen molar-refractivity contribution in [2.24, 2.45) is 5.92 Å². The van der Waals surface area contributed by atoms with Gasteiger partial charge in [0.1, 0.15) is 11.0 Å². The summed E-state index contributed by atoms with van der Waals surface area (Å²) in [6.45, 7) is 8.41. The topological polar surface area (TPSA) is 61.4 Å². The molecule has 1 aliphatic rings. The molecule has 0 bridgehead atoms. The van der Waals surface area contributed by atoms with Crippen molar-refractivity contribution in [3.63, 3.8) is 0 Å². The molecule has 39 heavy (non-hydrogen) atoms. The highest BCUT2D eigenvalue weighted by atomic mass is 35.5. The molecule has 6 nitrogen and oxygen atoms in total. The van der Waals surface area contributed by atoms with Gasteiger partial charge in [-0.2, -0.15) is 13.2 Å². The predicted octanol–water partition coefficient (Wildman–Crippen LogP) is 6.54. The van der Waals surface area contributed by atoms with E-state index in [1.165, 1.54) is 23.9 Å². The van der Waals surface area contributed by atoms with E-state index >= 15 is 0 Å². The third-order valence-corrected chi connectivity index (χ3v) is 7.86. The Kier molecular flexibility index (Phi) is 9.27. The van der Waals surface area contributed by atoms with E-state index in [0.717, 1.165) is 11.6 Å². The van der Waals surface area contributed by atoms with Crippen molar-refractivity contribution in [3.05, 3.63) is 76.4 Å². The normalized spacial score (nSPS) is 15.0. The molecule has 1 amide bonds. The van der Waals surface area contributed by atoms with E-state index in [1.807, 2.05) is 36.1 Å². The zero-order valence-electron chi connectivity index (χ0n) is 22.0. The van der Waals surface area contributed by atoms with Crippen molar-refractivity contribution in [3.8, 4) is 0 Å². The van der Waals surface area contributed by atoms with Crippen molar-refractivity contribution in [1.29, 1.82) is 0 Å². The summed E-state index contributed by atoms with van der Waals surface area (Å²) in [6, 6.07) is 14.7. The predicted molar refractivity (Wildman–Crippen MR) is 151 cm³/mol. The lowest BCUT2D eigenvalue weighted by atomic mass is 10.1. The Morgan fingerprint density at radius 1 is 1.00 bits per heavy atom. The summed E-state index contributed by atoms with van der Waals surface area (Å²) in [5.74, 6) is 1.55. The highest BCUT2D eigenvalue weighted by molar-refractivity contribution is 7.98. The molecule has 4 rings (SSSR count). The van der Waals surface area contributed by atoms with Crippen molar-refractivity contribution in [1.82, 2.24) is 15.3 Å². The number of carbonyl (C=O) groups excluding carboxylic acids is 1. The van der Waals surface area contributed by atoms with Gasteiger partial charge in [-0.1, -0.05) is 55.4 Å². The van der Waals surface area contributed by atoms with Gasteiger partial charge in [-0.25, -0.2) is 9.97 Å². The number of halogens is 4. The average molecular weight is 578 g/mol. The molecule has 2 heterocycles. The summed E-state index contributed by atoms with van der Waals surface area (Å²) in [7, 11) is 0. The molecule has 208 valence electrons. The number of hydrogen-bond acceptors (Lipinski definition) is 6. The summed E-state index contributed by atoms with van der Waals surface area (Å²) >= 11 is 7.75. The maximum absolute atomic E-state index is 13.1. The van der Waals surface area contributed by atoms with Crippen molar-refractivity contribution in [2.45, 2.75) is 43.9 Å². The van der Waals surface area contributed by atoms with Gasteiger partial charge in [-0.05, 0) is 48.7 Å². The average Bonchev–Trinajstić information content (AvgIpc) is 2.91. The number of hydrogen-bond donors (Lipinski definition) is 1. The zero-order chi connectivity index (χ0) is 28.2. The van der Waals surface area contributed by atoms with Crippen LogP contribution in [0.15, 0.2) is 59.8 Å². The number of anilines is 2. The first-order chi connectivity index (χ1) is 18.5. The highest BCUT2D eigenvalue weighted by Gasteiger charge is 2.31. The highest BCUT2D eigenvalue weighted by Crippen LogP contribution is 2.32. The Balaban J connectivity index is 1.34. The van der Waals surface area contributed by atoms with E-state index in [-0.39, 0.29) is 11.9 Å². The number of alkyl halides is 3. The zero-order valence-corrected chi connectivity index (χ0v) is 23.6. The molecule has 1 atom stereocenters. The van der Waals surface area contributed by atoms with Gasteiger partial charge in [-0.15, -0.1) is 0 Å². The van der Waals surface area contributed by atoms with E-state index in [9.17, 15) is 18.0 Å². The van der Waals surface area contributed by atoms with Crippen molar-refractivity contribution >= 4 is 40.8 Å². The number of rotatable bonds is 8. The molecule has 1 aliphatic heterocycles. The van der Waals surface area contributed by atoms with Crippen LogP contribution in [0.1, 0.15) is 42.3 Å². The van der Waals surface area contributed by atoms with Crippen LogP contribution >= 0.6 is 23.4 Å². The van der Waals surface area contributed by atoms with Crippen LogP contribution in [0.25, 0.3) is 0 Å². The van der Waals surface area contributed by atoms with E-state index in [1.54, 1.807) is 12.1 Å². The van der Waals surface area contributed by atoms with Gasteiger partial charge in [0.05, 0.1) is 5.56 Å². The minimum absolute atomic E-state index is 0.0884. The van der Waals surface area contributed by atoms with Gasteiger partial charge >= 0.3 is 6.18 Å². The number of benzene rings is 2. The second-order valence-corrected chi connectivity index (χ2v) is 11.2. The molecule has 1 N–H and O–H groups in total.